The van der Waals surface area contributed by atoms with Gasteiger partial charge in [-0.25, -0.2) is 4.79 Å². The molecule has 1 amide bonds. The van der Waals surface area contributed by atoms with Gasteiger partial charge in [0.2, 0.25) is 0 Å². The maximum Gasteiger partial charge on any atom is 0.328 e. The Bertz CT molecular complexity index is 639. The number of nitrogen functional groups attached to an aromatic ring is 1. The number of methoxy groups -OCH3 is 1. The lowest BCUT2D eigenvalue weighted by atomic mass is 9.96. The number of nitrogens with two attached hydrogens (primary N) is 1. The molecule has 0 bridgehead atoms. The Balaban J connectivity index is 0.00000484. The number of esters is 1. The van der Waals surface area contributed by atoms with Gasteiger partial charge in [-0.1, -0.05) is 11.8 Å². The van der Waals surface area contributed by atoms with E-state index < -0.39 is 17.9 Å². The van der Waals surface area contributed by atoms with Crippen molar-refractivity contribution < 1.29 is 14.3 Å². The number of hydrogen-bond donors (Lipinski definition) is 2. The SMILES string of the molecule is COC(=O)[C@H](C)NC(=O)c1ccc(N)cc1C#CC(C)(C)C.Cl. The van der Waals surface area contributed by atoms with Crippen molar-refractivity contribution in [2.75, 3.05) is 12.8 Å². The summed E-state index contributed by atoms with van der Waals surface area (Å²) < 4.78 is 4.59. The molecule has 1 atom stereocenters. The van der Waals surface area contributed by atoms with Gasteiger partial charge >= 0.3 is 5.97 Å². The lowest BCUT2D eigenvalue weighted by molar-refractivity contribution is -0.142. The highest BCUT2D eigenvalue weighted by Gasteiger charge is 2.18. The van der Waals surface area contributed by atoms with Crippen LogP contribution in [-0.2, 0) is 9.53 Å². The normalized spacial score (nSPS) is 11.3. The van der Waals surface area contributed by atoms with E-state index in [4.69, 9.17) is 5.73 Å². The molecule has 5 nitrogen and oxygen atoms in total. The van der Waals surface area contributed by atoms with Crippen LogP contribution in [0.4, 0.5) is 5.69 Å². The molecule has 0 radical (unpaired) electrons. The highest BCUT2D eigenvalue weighted by atomic mass is 35.5. The van der Waals surface area contributed by atoms with Gasteiger partial charge in [0.05, 0.1) is 12.7 Å². The van der Waals surface area contributed by atoms with Gasteiger partial charge in [0, 0.05) is 16.7 Å². The Hall–Kier alpha value is -2.19. The van der Waals surface area contributed by atoms with Crippen LogP contribution in [0.2, 0.25) is 0 Å². The Morgan fingerprint density at radius 2 is 1.91 bits per heavy atom. The second-order valence-corrected chi connectivity index (χ2v) is 6.02. The molecule has 0 aromatic heterocycles. The number of anilines is 1. The fourth-order valence-electron chi connectivity index (χ4n) is 1.63. The summed E-state index contributed by atoms with van der Waals surface area (Å²) in [5, 5.41) is 2.58. The van der Waals surface area contributed by atoms with Crippen molar-refractivity contribution in [3.63, 3.8) is 0 Å². The number of halogens is 1. The highest BCUT2D eigenvalue weighted by molar-refractivity contribution is 5.99. The molecule has 0 spiro atoms. The quantitative estimate of drug-likeness (QED) is 0.503. The summed E-state index contributed by atoms with van der Waals surface area (Å²) in [6.07, 6.45) is 0. The van der Waals surface area contributed by atoms with E-state index in [2.05, 4.69) is 21.9 Å². The number of ether oxygens (including phenoxy) is 1. The van der Waals surface area contributed by atoms with Crippen LogP contribution in [0.15, 0.2) is 18.2 Å². The molecule has 126 valence electrons. The number of amides is 1. The summed E-state index contributed by atoms with van der Waals surface area (Å²) in [6.45, 7) is 7.49. The maximum atomic E-state index is 12.3. The molecule has 0 aliphatic rings. The van der Waals surface area contributed by atoms with Crippen LogP contribution in [0, 0.1) is 17.3 Å². The first kappa shape index (κ1) is 20.8. The fourth-order valence-corrected chi connectivity index (χ4v) is 1.63. The summed E-state index contributed by atoms with van der Waals surface area (Å²) in [4.78, 5) is 23.7. The van der Waals surface area contributed by atoms with Gasteiger partial charge in [-0.05, 0) is 45.9 Å². The minimum absolute atomic E-state index is 0. The zero-order chi connectivity index (χ0) is 16.9. The minimum Gasteiger partial charge on any atom is -0.467 e. The first-order valence-corrected chi connectivity index (χ1v) is 6.95. The second-order valence-electron chi connectivity index (χ2n) is 6.02. The van der Waals surface area contributed by atoms with Crippen molar-refractivity contribution in [3.8, 4) is 11.8 Å². The Kier molecular flexibility index (Phi) is 7.64. The molecule has 23 heavy (non-hydrogen) atoms. The van der Waals surface area contributed by atoms with Gasteiger partial charge in [0.1, 0.15) is 6.04 Å². The van der Waals surface area contributed by atoms with Crippen LogP contribution >= 0.6 is 12.4 Å². The number of benzene rings is 1. The van der Waals surface area contributed by atoms with Crippen molar-refractivity contribution in [2.45, 2.75) is 33.7 Å². The fraction of sp³-hybridized carbons (Fsp3) is 0.412. The van der Waals surface area contributed by atoms with Crippen LogP contribution in [-0.4, -0.2) is 25.0 Å². The zero-order valence-electron chi connectivity index (χ0n) is 14.0. The standard InChI is InChI=1S/C17H22N2O3.ClH/c1-11(16(21)22-5)19-15(20)14-7-6-13(18)10-12(14)8-9-17(2,3)4;/h6-7,10-11H,18H2,1-5H3,(H,19,20);1H/t11-;/m0./s1. The predicted molar refractivity (Wildman–Crippen MR) is 93.4 cm³/mol. The number of carbonyl (C=O) groups excluding carboxylic acids is 2. The minimum atomic E-state index is -0.738. The maximum absolute atomic E-state index is 12.3. The highest BCUT2D eigenvalue weighted by Crippen LogP contribution is 2.15. The third-order valence-corrected chi connectivity index (χ3v) is 2.76. The Morgan fingerprint density at radius 3 is 2.43 bits per heavy atom. The summed E-state index contributed by atoms with van der Waals surface area (Å²) in [5.41, 5.74) is 7.00. The lowest BCUT2D eigenvalue weighted by Gasteiger charge is -2.13. The summed E-state index contributed by atoms with van der Waals surface area (Å²) in [5.74, 6) is 5.15. The van der Waals surface area contributed by atoms with E-state index in [0.717, 1.165) is 0 Å². The molecule has 0 unspecified atom stereocenters. The first-order valence-electron chi connectivity index (χ1n) is 6.95. The summed E-state index contributed by atoms with van der Waals surface area (Å²) in [6, 6.07) is 4.14. The monoisotopic (exact) mass is 338 g/mol. The van der Waals surface area contributed by atoms with Gasteiger partial charge in [-0.15, -0.1) is 12.4 Å². The van der Waals surface area contributed by atoms with Gasteiger partial charge < -0.3 is 15.8 Å². The number of hydrogen-bond acceptors (Lipinski definition) is 4. The average Bonchev–Trinajstić information content (AvgIpc) is 2.43. The van der Waals surface area contributed by atoms with E-state index in [-0.39, 0.29) is 17.8 Å². The molecule has 0 saturated carbocycles. The van der Waals surface area contributed by atoms with E-state index in [9.17, 15) is 9.59 Å². The molecule has 0 aliphatic heterocycles. The van der Waals surface area contributed by atoms with Crippen LogP contribution in [0.1, 0.15) is 43.6 Å². The van der Waals surface area contributed by atoms with Gasteiger partial charge in [-0.2, -0.15) is 0 Å². The van der Waals surface area contributed by atoms with Gasteiger partial charge in [-0.3, -0.25) is 4.79 Å². The van der Waals surface area contributed by atoms with Crippen LogP contribution < -0.4 is 11.1 Å². The lowest BCUT2D eigenvalue weighted by Crippen LogP contribution is -2.39. The average molecular weight is 339 g/mol. The topological polar surface area (TPSA) is 81.4 Å². The molecule has 3 N–H and O–H groups in total. The molecule has 1 aromatic carbocycles. The molecular formula is C17H23ClN2O3. The van der Waals surface area contributed by atoms with Crippen molar-refractivity contribution >= 4 is 30.0 Å². The molecule has 0 fully saturated rings. The number of nitrogens with one attached hydrogen (secondary N) is 1. The largest absolute Gasteiger partial charge is 0.467 e. The van der Waals surface area contributed by atoms with Crippen LogP contribution in [0.3, 0.4) is 0 Å². The Morgan fingerprint density at radius 1 is 1.30 bits per heavy atom. The summed E-state index contributed by atoms with van der Waals surface area (Å²) >= 11 is 0. The van der Waals surface area contributed by atoms with Crippen LogP contribution in [0.25, 0.3) is 0 Å². The van der Waals surface area contributed by atoms with E-state index in [1.807, 2.05) is 20.8 Å². The van der Waals surface area contributed by atoms with Crippen molar-refractivity contribution in [1.29, 1.82) is 0 Å². The van der Waals surface area contributed by atoms with Crippen molar-refractivity contribution in [2.24, 2.45) is 5.41 Å². The number of carbonyl (C=O) groups is 2. The zero-order valence-corrected chi connectivity index (χ0v) is 14.8. The molecular weight excluding hydrogens is 316 g/mol. The van der Waals surface area contributed by atoms with Gasteiger partial charge in [0.25, 0.3) is 5.91 Å². The second kappa shape index (κ2) is 8.44. The third kappa shape index (κ3) is 6.62. The first-order chi connectivity index (χ1) is 10.1. The smallest absolute Gasteiger partial charge is 0.328 e. The van der Waals surface area contributed by atoms with E-state index in [1.165, 1.54) is 7.11 Å². The van der Waals surface area contributed by atoms with E-state index in [0.29, 0.717) is 16.8 Å². The number of rotatable bonds is 3. The molecule has 0 heterocycles. The molecule has 1 rings (SSSR count). The molecule has 0 saturated heterocycles. The third-order valence-electron chi connectivity index (χ3n) is 2.76. The summed E-state index contributed by atoms with van der Waals surface area (Å²) in [7, 11) is 1.27. The van der Waals surface area contributed by atoms with Crippen molar-refractivity contribution in [1.82, 2.24) is 5.32 Å². The van der Waals surface area contributed by atoms with Crippen molar-refractivity contribution in [3.05, 3.63) is 29.3 Å². The van der Waals surface area contributed by atoms with Crippen LogP contribution in [0.5, 0.6) is 0 Å². The Labute approximate surface area is 143 Å². The molecule has 1 aromatic rings. The van der Waals surface area contributed by atoms with Gasteiger partial charge in [0.15, 0.2) is 0 Å². The van der Waals surface area contributed by atoms with E-state index in [1.54, 1.807) is 25.1 Å². The van der Waals surface area contributed by atoms with E-state index >= 15 is 0 Å². The predicted octanol–water partition coefficient (Wildman–Crippen LogP) is 2.38. The molecule has 6 heteroatoms. The molecule has 0 aliphatic carbocycles.